The molecule has 2 heterocycles. The number of hydrogen-bond acceptors (Lipinski definition) is 5. The fourth-order valence-corrected chi connectivity index (χ4v) is 5.27. The van der Waals surface area contributed by atoms with Gasteiger partial charge < -0.3 is 9.80 Å². The lowest BCUT2D eigenvalue weighted by atomic mass is 10.1. The van der Waals surface area contributed by atoms with Gasteiger partial charge >= 0.3 is 0 Å². The van der Waals surface area contributed by atoms with Crippen molar-refractivity contribution in [2.24, 2.45) is 0 Å². The van der Waals surface area contributed by atoms with Gasteiger partial charge in [-0.3, -0.25) is 4.79 Å². The molecule has 1 aromatic heterocycles. The number of nitrogens with zero attached hydrogens (tertiary/aromatic N) is 3. The Balaban J connectivity index is 1.38. The van der Waals surface area contributed by atoms with Crippen molar-refractivity contribution < 1.29 is 4.79 Å². The van der Waals surface area contributed by atoms with Gasteiger partial charge in [-0.25, -0.2) is 4.98 Å². The number of carbonyl (C=O) groups excluding carboxylic acids is 1. The molecule has 2 aromatic carbocycles. The molecular weight excluding hydrogens is 386 g/mol. The molecule has 1 aliphatic rings. The topological polar surface area (TPSA) is 36.4 Å². The maximum atomic E-state index is 12.7. The molecule has 0 bridgehead atoms. The van der Waals surface area contributed by atoms with Gasteiger partial charge in [0.1, 0.15) is 0 Å². The molecule has 0 spiro atoms. The van der Waals surface area contributed by atoms with Gasteiger partial charge in [0.05, 0.1) is 16.6 Å². The minimum Gasteiger partial charge on any atom is -0.345 e. The second kappa shape index (κ2) is 8.13. The molecule has 4 nitrogen and oxygen atoms in total. The van der Waals surface area contributed by atoms with Crippen molar-refractivity contribution in [3.8, 4) is 0 Å². The normalized spacial score (nSPS) is 14.7. The molecule has 28 heavy (non-hydrogen) atoms. The molecule has 0 radical (unpaired) electrons. The molecule has 1 fully saturated rings. The lowest BCUT2D eigenvalue weighted by molar-refractivity contribution is -0.130. The Kier molecular flexibility index (Phi) is 5.60. The number of thiazole rings is 1. The number of hydrogen-bond donors (Lipinski definition) is 0. The number of carbonyl (C=O) groups is 1. The first-order valence-corrected chi connectivity index (χ1v) is 11.6. The van der Waals surface area contributed by atoms with Crippen LogP contribution in [0.1, 0.15) is 16.7 Å². The average molecular weight is 412 g/mol. The second-order valence-electron chi connectivity index (χ2n) is 7.32. The summed E-state index contributed by atoms with van der Waals surface area (Å²) in [6, 6.07) is 12.7. The van der Waals surface area contributed by atoms with E-state index in [0.29, 0.717) is 6.42 Å². The van der Waals surface area contributed by atoms with Crippen LogP contribution in [0.5, 0.6) is 0 Å². The number of thioether (sulfide) groups is 1. The molecule has 3 aromatic rings. The maximum Gasteiger partial charge on any atom is 0.227 e. The summed E-state index contributed by atoms with van der Waals surface area (Å²) < 4.78 is 1.25. The maximum absolute atomic E-state index is 12.7. The van der Waals surface area contributed by atoms with Crippen LogP contribution in [0.3, 0.4) is 0 Å². The minimum atomic E-state index is 0.215. The van der Waals surface area contributed by atoms with Gasteiger partial charge in [0.2, 0.25) is 5.91 Å². The Hall–Kier alpha value is -2.05. The highest BCUT2D eigenvalue weighted by molar-refractivity contribution is 7.98. The SMILES string of the molecule is CSc1ccc(CC(=O)N2CCN(c3nc4c(C)cc(C)cc4s3)CC2)cc1. The number of rotatable bonds is 4. The first-order valence-electron chi connectivity index (χ1n) is 9.57. The summed E-state index contributed by atoms with van der Waals surface area (Å²) in [7, 11) is 0. The van der Waals surface area contributed by atoms with Crippen LogP contribution >= 0.6 is 23.1 Å². The first kappa shape index (κ1) is 19.3. The van der Waals surface area contributed by atoms with E-state index in [9.17, 15) is 4.79 Å². The van der Waals surface area contributed by atoms with Crippen molar-refractivity contribution >= 4 is 44.4 Å². The molecule has 1 saturated heterocycles. The summed E-state index contributed by atoms with van der Waals surface area (Å²) in [5, 5.41) is 1.07. The fourth-order valence-electron chi connectivity index (χ4n) is 3.67. The molecule has 4 rings (SSSR count). The van der Waals surface area contributed by atoms with Crippen LogP contribution < -0.4 is 4.90 Å². The zero-order valence-electron chi connectivity index (χ0n) is 16.6. The van der Waals surface area contributed by atoms with Crippen LogP contribution in [0.25, 0.3) is 10.2 Å². The van der Waals surface area contributed by atoms with Gasteiger partial charge in [-0.05, 0) is 55.0 Å². The first-order chi connectivity index (χ1) is 13.5. The summed E-state index contributed by atoms with van der Waals surface area (Å²) in [5.74, 6) is 0.215. The zero-order valence-corrected chi connectivity index (χ0v) is 18.2. The molecule has 0 saturated carbocycles. The fraction of sp³-hybridized carbons (Fsp3) is 0.364. The largest absolute Gasteiger partial charge is 0.345 e. The van der Waals surface area contributed by atoms with Gasteiger partial charge in [0.25, 0.3) is 0 Å². The smallest absolute Gasteiger partial charge is 0.227 e. The Morgan fingerprint density at radius 1 is 1.11 bits per heavy atom. The van der Waals surface area contributed by atoms with Crippen molar-refractivity contribution in [2.75, 3.05) is 37.3 Å². The summed E-state index contributed by atoms with van der Waals surface area (Å²) in [5.41, 5.74) is 4.71. The van der Waals surface area contributed by atoms with Gasteiger partial charge in [-0.2, -0.15) is 0 Å². The zero-order chi connectivity index (χ0) is 19.7. The number of anilines is 1. The van der Waals surface area contributed by atoms with Crippen LogP contribution in [0.2, 0.25) is 0 Å². The van der Waals surface area contributed by atoms with E-state index in [1.54, 1.807) is 23.1 Å². The molecular formula is C22H25N3OS2. The molecule has 0 aliphatic carbocycles. The number of benzene rings is 2. The predicted molar refractivity (Wildman–Crippen MR) is 120 cm³/mol. The van der Waals surface area contributed by atoms with Gasteiger partial charge in [0.15, 0.2) is 5.13 Å². The third-order valence-corrected chi connectivity index (χ3v) is 7.04. The lowest BCUT2D eigenvalue weighted by Gasteiger charge is -2.34. The highest BCUT2D eigenvalue weighted by atomic mass is 32.2. The number of piperazine rings is 1. The highest BCUT2D eigenvalue weighted by Crippen LogP contribution is 2.32. The summed E-state index contributed by atoms with van der Waals surface area (Å²) in [4.78, 5) is 23.1. The number of amides is 1. The number of aromatic nitrogens is 1. The Bertz CT molecular complexity index is 989. The number of fused-ring (bicyclic) bond motifs is 1. The minimum absolute atomic E-state index is 0.215. The Morgan fingerprint density at radius 3 is 2.50 bits per heavy atom. The Morgan fingerprint density at radius 2 is 1.82 bits per heavy atom. The molecule has 1 amide bonds. The Labute approximate surface area is 174 Å². The standard InChI is InChI=1S/C22H25N3OS2/c1-15-12-16(2)21-19(13-15)28-22(23-21)25-10-8-24(9-11-25)20(26)14-17-4-6-18(27-3)7-5-17/h4-7,12-13H,8-11,14H2,1-3H3. The summed E-state index contributed by atoms with van der Waals surface area (Å²) in [6.07, 6.45) is 2.54. The second-order valence-corrected chi connectivity index (χ2v) is 9.21. The van der Waals surface area contributed by atoms with Crippen molar-refractivity contribution in [3.63, 3.8) is 0 Å². The van der Waals surface area contributed by atoms with Crippen molar-refractivity contribution in [2.45, 2.75) is 25.2 Å². The van der Waals surface area contributed by atoms with E-state index in [1.165, 1.54) is 20.7 Å². The molecule has 0 unspecified atom stereocenters. The summed E-state index contributed by atoms with van der Waals surface area (Å²) >= 11 is 3.48. The van der Waals surface area contributed by atoms with Crippen LogP contribution in [-0.2, 0) is 11.2 Å². The molecule has 0 N–H and O–H groups in total. The summed E-state index contributed by atoms with van der Waals surface area (Å²) in [6.45, 7) is 7.46. The van der Waals surface area contributed by atoms with Crippen molar-refractivity contribution in [1.82, 2.24) is 9.88 Å². The average Bonchev–Trinajstić information content (AvgIpc) is 3.13. The van der Waals surface area contributed by atoms with E-state index in [4.69, 9.17) is 4.98 Å². The van der Waals surface area contributed by atoms with E-state index in [2.05, 4.69) is 61.4 Å². The molecule has 6 heteroatoms. The molecule has 0 atom stereocenters. The van der Waals surface area contributed by atoms with Gasteiger partial charge in [0, 0.05) is 31.1 Å². The van der Waals surface area contributed by atoms with Crippen LogP contribution in [0, 0.1) is 13.8 Å². The van der Waals surface area contributed by atoms with Gasteiger partial charge in [-0.1, -0.05) is 29.5 Å². The van der Waals surface area contributed by atoms with Gasteiger partial charge in [-0.15, -0.1) is 11.8 Å². The lowest BCUT2D eigenvalue weighted by Crippen LogP contribution is -2.49. The van der Waals surface area contributed by atoms with E-state index in [0.717, 1.165) is 42.4 Å². The van der Waals surface area contributed by atoms with E-state index in [-0.39, 0.29) is 5.91 Å². The van der Waals surface area contributed by atoms with E-state index < -0.39 is 0 Å². The molecule has 146 valence electrons. The third kappa shape index (κ3) is 4.03. The van der Waals surface area contributed by atoms with Crippen molar-refractivity contribution in [3.05, 3.63) is 53.1 Å². The van der Waals surface area contributed by atoms with Crippen LogP contribution in [0.15, 0.2) is 41.3 Å². The van der Waals surface area contributed by atoms with E-state index >= 15 is 0 Å². The third-order valence-electron chi connectivity index (χ3n) is 5.24. The molecule has 1 aliphatic heterocycles. The van der Waals surface area contributed by atoms with Crippen LogP contribution in [0.4, 0.5) is 5.13 Å². The predicted octanol–water partition coefficient (Wildman–Crippen LogP) is 4.53. The highest BCUT2D eigenvalue weighted by Gasteiger charge is 2.23. The van der Waals surface area contributed by atoms with Crippen molar-refractivity contribution in [1.29, 1.82) is 0 Å². The van der Waals surface area contributed by atoms with E-state index in [1.807, 2.05) is 4.90 Å². The quantitative estimate of drug-likeness (QED) is 0.591. The number of aryl methyl sites for hydroxylation is 2. The monoisotopic (exact) mass is 411 g/mol. The van der Waals surface area contributed by atoms with Crippen LogP contribution in [-0.4, -0.2) is 48.2 Å².